The maximum Gasteiger partial charge on any atom is 0.323 e. The Morgan fingerprint density at radius 2 is 1.83 bits per heavy atom. The lowest BCUT2D eigenvalue weighted by molar-refractivity contribution is -0.159. The number of primary amides is 1. The summed E-state index contributed by atoms with van der Waals surface area (Å²) >= 11 is 0. The van der Waals surface area contributed by atoms with E-state index in [4.69, 9.17) is 10.5 Å². The molecule has 1 saturated heterocycles. The first kappa shape index (κ1) is 17.5. The fourth-order valence-corrected chi connectivity index (χ4v) is 2.97. The van der Waals surface area contributed by atoms with Crippen molar-refractivity contribution >= 4 is 11.9 Å². The molecule has 23 heavy (non-hydrogen) atoms. The van der Waals surface area contributed by atoms with E-state index in [-0.39, 0.29) is 12.0 Å². The van der Waals surface area contributed by atoms with Crippen LogP contribution in [-0.4, -0.2) is 42.0 Å². The molecular formula is C18H26N2O3. The molecule has 126 valence electrons. The lowest BCUT2D eigenvalue weighted by atomic mass is 9.89. The predicted molar refractivity (Wildman–Crippen MR) is 88.7 cm³/mol. The van der Waals surface area contributed by atoms with Crippen molar-refractivity contribution in [3.05, 3.63) is 35.9 Å². The minimum Gasteiger partial charge on any atom is -0.451 e. The Bertz CT molecular complexity index is 524. The van der Waals surface area contributed by atoms with Gasteiger partial charge in [0.25, 0.3) is 5.91 Å². The molecule has 5 heteroatoms. The van der Waals surface area contributed by atoms with E-state index in [1.54, 1.807) is 0 Å². The molecule has 1 aromatic carbocycles. The summed E-state index contributed by atoms with van der Waals surface area (Å²) in [6.45, 7) is 5.07. The Morgan fingerprint density at radius 1 is 1.22 bits per heavy atom. The van der Waals surface area contributed by atoms with Gasteiger partial charge in [0, 0.05) is 0 Å². The molecule has 1 aromatic rings. The highest BCUT2D eigenvalue weighted by Gasteiger charge is 2.29. The largest absolute Gasteiger partial charge is 0.451 e. The lowest BCUT2D eigenvalue weighted by Crippen LogP contribution is -2.46. The average molecular weight is 318 g/mol. The zero-order chi connectivity index (χ0) is 16.8. The normalized spacial score (nSPS) is 19.0. The van der Waals surface area contributed by atoms with E-state index >= 15 is 0 Å². The molecule has 0 radical (unpaired) electrons. The summed E-state index contributed by atoms with van der Waals surface area (Å²) in [7, 11) is 0. The van der Waals surface area contributed by atoms with Crippen molar-refractivity contribution in [2.45, 2.75) is 45.3 Å². The number of benzene rings is 1. The lowest BCUT2D eigenvalue weighted by Gasteiger charge is -2.35. The van der Waals surface area contributed by atoms with Crippen molar-refractivity contribution in [3.63, 3.8) is 0 Å². The Hall–Kier alpha value is -1.88. The molecule has 1 aliphatic rings. The number of hydrogen-bond donors (Lipinski definition) is 1. The van der Waals surface area contributed by atoms with Gasteiger partial charge in [-0.15, -0.1) is 0 Å². The molecule has 2 rings (SSSR count). The number of nitrogens with zero attached hydrogens (tertiary/aromatic N) is 1. The van der Waals surface area contributed by atoms with Crippen molar-refractivity contribution < 1.29 is 14.3 Å². The van der Waals surface area contributed by atoms with Crippen LogP contribution in [0.1, 0.15) is 32.3 Å². The highest BCUT2D eigenvalue weighted by molar-refractivity contribution is 5.83. The molecule has 2 N–H and O–H groups in total. The molecule has 5 nitrogen and oxygen atoms in total. The summed E-state index contributed by atoms with van der Waals surface area (Å²) < 4.78 is 5.09. The Morgan fingerprint density at radius 3 is 2.39 bits per heavy atom. The maximum absolute atomic E-state index is 12.1. The fraction of sp³-hybridized carbons (Fsp3) is 0.556. The van der Waals surface area contributed by atoms with E-state index in [1.165, 1.54) is 12.5 Å². The van der Waals surface area contributed by atoms with Gasteiger partial charge in [-0.05, 0) is 57.7 Å². The number of nitrogens with two attached hydrogens (primary N) is 1. The number of esters is 1. The quantitative estimate of drug-likeness (QED) is 0.811. The van der Waals surface area contributed by atoms with Crippen molar-refractivity contribution in [2.24, 2.45) is 11.7 Å². The first-order valence-corrected chi connectivity index (χ1v) is 8.25. The highest BCUT2D eigenvalue weighted by atomic mass is 16.5. The van der Waals surface area contributed by atoms with Crippen LogP contribution in [0.2, 0.25) is 0 Å². The van der Waals surface area contributed by atoms with Crippen LogP contribution < -0.4 is 5.73 Å². The third-order valence-corrected chi connectivity index (χ3v) is 4.60. The molecule has 1 amide bonds. The van der Waals surface area contributed by atoms with Gasteiger partial charge in [-0.3, -0.25) is 14.5 Å². The summed E-state index contributed by atoms with van der Waals surface area (Å²) in [5, 5.41) is 0. The summed E-state index contributed by atoms with van der Waals surface area (Å²) in [5.41, 5.74) is 6.49. The summed E-state index contributed by atoms with van der Waals surface area (Å²) in [4.78, 5) is 25.2. The van der Waals surface area contributed by atoms with Gasteiger partial charge in [-0.25, -0.2) is 0 Å². The average Bonchev–Trinajstić information content (AvgIpc) is 2.55. The van der Waals surface area contributed by atoms with Crippen LogP contribution in [-0.2, 0) is 20.7 Å². The first-order chi connectivity index (χ1) is 11.0. The topological polar surface area (TPSA) is 72.6 Å². The molecule has 2 atom stereocenters. The molecule has 1 heterocycles. The maximum atomic E-state index is 12.1. The van der Waals surface area contributed by atoms with Crippen LogP contribution in [0, 0.1) is 5.92 Å². The molecule has 0 bridgehead atoms. The third kappa shape index (κ3) is 5.06. The van der Waals surface area contributed by atoms with Gasteiger partial charge in [-0.1, -0.05) is 30.3 Å². The van der Waals surface area contributed by atoms with Crippen molar-refractivity contribution in [3.8, 4) is 0 Å². The van der Waals surface area contributed by atoms with Gasteiger partial charge < -0.3 is 10.5 Å². The number of piperidine rings is 1. The molecule has 1 aliphatic heterocycles. The van der Waals surface area contributed by atoms with Gasteiger partial charge in [0.2, 0.25) is 0 Å². The van der Waals surface area contributed by atoms with Crippen molar-refractivity contribution in [2.75, 3.05) is 13.1 Å². The van der Waals surface area contributed by atoms with E-state index in [0.29, 0.717) is 5.92 Å². The second kappa shape index (κ2) is 8.11. The van der Waals surface area contributed by atoms with E-state index in [1.807, 2.05) is 13.0 Å². The number of hydrogen-bond acceptors (Lipinski definition) is 4. The minimum absolute atomic E-state index is 0.338. The van der Waals surface area contributed by atoms with Crippen LogP contribution in [0.4, 0.5) is 0 Å². The van der Waals surface area contributed by atoms with Crippen LogP contribution in [0.15, 0.2) is 30.3 Å². The third-order valence-electron chi connectivity index (χ3n) is 4.60. The SMILES string of the molecule is C[C@H](OC(=O)[C@@H](C)N1CCC(Cc2ccccc2)CC1)C(N)=O. The Kier molecular flexibility index (Phi) is 6.16. The van der Waals surface area contributed by atoms with Gasteiger partial charge in [0.15, 0.2) is 6.10 Å². The second-order valence-electron chi connectivity index (χ2n) is 6.33. The predicted octanol–water partition coefficient (Wildman–Crippen LogP) is 1.75. The Balaban J connectivity index is 1.79. The molecule has 0 aromatic heterocycles. The monoisotopic (exact) mass is 318 g/mol. The highest BCUT2D eigenvalue weighted by Crippen LogP contribution is 2.23. The van der Waals surface area contributed by atoms with Gasteiger partial charge in [0.05, 0.1) is 0 Å². The van der Waals surface area contributed by atoms with E-state index in [0.717, 1.165) is 32.4 Å². The number of likely N-dealkylation sites (tertiary alicyclic amines) is 1. The fourth-order valence-electron chi connectivity index (χ4n) is 2.97. The molecular weight excluding hydrogens is 292 g/mol. The molecule has 0 saturated carbocycles. The van der Waals surface area contributed by atoms with E-state index < -0.39 is 12.0 Å². The van der Waals surface area contributed by atoms with E-state index in [9.17, 15) is 9.59 Å². The number of carbonyl (C=O) groups excluding carboxylic acids is 2. The van der Waals surface area contributed by atoms with Crippen molar-refractivity contribution in [1.82, 2.24) is 4.90 Å². The van der Waals surface area contributed by atoms with Crippen molar-refractivity contribution in [1.29, 1.82) is 0 Å². The summed E-state index contributed by atoms with van der Waals surface area (Å²) in [5.74, 6) is -0.341. The number of rotatable bonds is 6. The number of carbonyl (C=O) groups is 2. The molecule has 1 fully saturated rings. The molecule has 0 aliphatic carbocycles. The van der Waals surface area contributed by atoms with Crippen LogP contribution in [0.25, 0.3) is 0 Å². The number of ether oxygens (including phenoxy) is 1. The van der Waals surface area contributed by atoms with Crippen LogP contribution in [0.5, 0.6) is 0 Å². The molecule has 0 unspecified atom stereocenters. The van der Waals surface area contributed by atoms with Crippen LogP contribution in [0.3, 0.4) is 0 Å². The summed E-state index contributed by atoms with van der Waals surface area (Å²) in [6, 6.07) is 10.2. The van der Waals surface area contributed by atoms with Gasteiger partial charge in [0.1, 0.15) is 6.04 Å². The molecule has 0 spiro atoms. The number of amides is 1. The Labute approximate surface area is 137 Å². The first-order valence-electron chi connectivity index (χ1n) is 8.25. The standard InChI is InChI=1S/C18H26N2O3/c1-13(18(22)23-14(2)17(19)21)20-10-8-16(9-11-20)12-15-6-4-3-5-7-15/h3-7,13-14,16H,8-12H2,1-2H3,(H2,19,21)/t13-,14+/m1/s1. The zero-order valence-electron chi connectivity index (χ0n) is 13.9. The van der Waals surface area contributed by atoms with Gasteiger partial charge >= 0.3 is 5.97 Å². The summed E-state index contributed by atoms with van der Waals surface area (Å²) in [6.07, 6.45) is 2.35. The zero-order valence-corrected chi connectivity index (χ0v) is 13.9. The van der Waals surface area contributed by atoms with E-state index in [2.05, 4.69) is 29.2 Å². The van der Waals surface area contributed by atoms with Crippen LogP contribution >= 0.6 is 0 Å². The smallest absolute Gasteiger partial charge is 0.323 e. The second-order valence-corrected chi connectivity index (χ2v) is 6.33. The van der Waals surface area contributed by atoms with Gasteiger partial charge in [-0.2, -0.15) is 0 Å². The minimum atomic E-state index is -0.874.